The number of hydrogen-bond donors (Lipinski definition) is 2. The van der Waals surface area contributed by atoms with Crippen LogP contribution in [0.25, 0.3) is 0 Å². The molecule has 0 spiro atoms. The Hall–Kier alpha value is -1.26. The molecule has 0 heterocycles. The molecule has 2 rings (SSSR count). The molecule has 5 heteroatoms. The third-order valence-corrected chi connectivity index (χ3v) is 2.94. The van der Waals surface area contributed by atoms with Crippen molar-refractivity contribution in [2.75, 3.05) is 11.1 Å². The standard InChI is InChI=1S/C12H9BrClFN2/c13-7-1-4-11(9(15)5-7)17-12-6-8(14)2-3-10(12)16/h1-6,17H,16H2. The first-order valence-corrected chi connectivity index (χ1v) is 6.00. The van der Waals surface area contributed by atoms with Crippen LogP contribution in [0.15, 0.2) is 40.9 Å². The van der Waals surface area contributed by atoms with Crippen molar-refractivity contribution in [2.45, 2.75) is 0 Å². The number of halogens is 3. The molecule has 0 aliphatic heterocycles. The molecule has 0 atom stereocenters. The highest BCUT2D eigenvalue weighted by Gasteiger charge is 2.05. The Labute approximate surface area is 112 Å². The third-order valence-electron chi connectivity index (χ3n) is 2.22. The second-order valence-electron chi connectivity index (χ2n) is 3.48. The minimum Gasteiger partial charge on any atom is -0.397 e. The Bertz CT molecular complexity index is 560. The van der Waals surface area contributed by atoms with E-state index in [-0.39, 0.29) is 5.82 Å². The van der Waals surface area contributed by atoms with Crippen LogP contribution in [0.2, 0.25) is 5.02 Å². The summed E-state index contributed by atoms with van der Waals surface area (Å²) in [5, 5.41) is 3.44. The summed E-state index contributed by atoms with van der Waals surface area (Å²) >= 11 is 9.05. The van der Waals surface area contributed by atoms with Gasteiger partial charge in [-0.3, -0.25) is 0 Å². The Morgan fingerprint density at radius 1 is 1.12 bits per heavy atom. The zero-order chi connectivity index (χ0) is 12.4. The van der Waals surface area contributed by atoms with E-state index in [1.807, 2.05) is 0 Å². The number of hydrogen-bond acceptors (Lipinski definition) is 2. The van der Waals surface area contributed by atoms with Crippen LogP contribution in [0.5, 0.6) is 0 Å². The van der Waals surface area contributed by atoms with Crippen LogP contribution in [-0.4, -0.2) is 0 Å². The zero-order valence-electron chi connectivity index (χ0n) is 8.68. The highest BCUT2D eigenvalue weighted by atomic mass is 79.9. The molecule has 0 aliphatic carbocycles. The van der Waals surface area contributed by atoms with E-state index < -0.39 is 0 Å². The highest BCUT2D eigenvalue weighted by molar-refractivity contribution is 9.10. The van der Waals surface area contributed by atoms with E-state index in [0.29, 0.717) is 26.6 Å². The van der Waals surface area contributed by atoms with Gasteiger partial charge in [-0.1, -0.05) is 27.5 Å². The fourth-order valence-electron chi connectivity index (χ4n) is 1.37. The van der Waals surface area contributed by atoms with Crippen LogP contribution in [0, 0.1) is 5.82 Å². The predicted octanol–water partition coefficient (Wildman–Crippen LogP) is 4.57. The molecule has 2 nitrogen and oxygen atoms in total. The van der Waals surface area contributed by atoms with E-state index in [2.05, 4.69) is 21.2 Å². The fourth-order valence-corrected chi connectivity index (χ4v) is 1.88. The van der Waals surface area contributed by atoms with Crippen molar-refractivity contribution >= 4 is 44.6 Å². The molecule has 3 N–H and O–H groups in total. The number of nitrogens with two attached hydrogens (primary N) is 1. The van der Waals surface area contributed by atoms with Crippen LogP contribution in [-0.2, 0) is 0 Å². The first-order chi connectivity index (χ1) is 8.06. The average Bonchev–Trinajstić information content (AvgIpc) is 2.27. The number of rotatable bonds is 2. The van der Waals surface area contributed by atoms with E-state index in [9.17, 15) is 4.39 Å². The Morgan fingerprint density at radius 3 is 2.59 bits per heavy atom. The molecule has 0 unspecified atom stereocenters. The first kappa shape index (κ1) is 12.2. The summed E-state index contributed by atoms with van der Waals surface area (Å²) in [7, 11) is 0. The number of benzene rings is 2. The second kappa shape index (κ2) is 4.94. The largest absolute Gasteiger partial charge is 0.397 e. The lowest BCUT2D eigenvalue weighted by Gasteiger charge is -2.10. The molecule has 0 fully saturated rings. The first-order valence-electron chi connectivity index (χ1n) is 4.83. The Balaban J connectivity index is 2.34. The summed E-state index contributed by atoms with van der Waals surface area (Å²) < 4.78 is 14.3. The second-order valence-corrected chi connectivity index (χ2v) is 4.83. The molecule has 0 radical (unpaired) electrons. The van der Waals surface area contributed by atoms with Crippen LogP contribution in [0.3, 0.4) is 0 Å². The summed E-state index contributed by atoms with van der Waals surface area (Å²) in [6, 6.07) is 9.74. The normalized spacial score (nSPS) is 10.3. The molecule has 17 heavy (non-hydrogen) atoms. The van der Waals surface area contributed by atoms with Crippen molar-refractivity contribution in [3.63, 3.8) is 0 Å². The van der Waals surface area contributed by atoms with Gasteiger partial charge < -0.3 is 11.1 Å². The molecule has 2 aromatic carbocycles. The summed E-state index contributed by atoms with van der Waals surface area (Å²) in [5.41, 5.74) is 7.21. The maximum atomic E-state index is 13.6. The van der Waals surface area contributed by atoms with Crippen LogP contribution in [0.4, 0.5) is 21.5 Å². The zero-order valence-corrected chi connectivity index (χ0v) is 11.0. The number of anilines is 3. The highest BCUT2D eigenvalue weighted by Crippen LogP contribution is 2.28. The van der Waals surface area contributed by atoms with Gasteiger partial charge >= 0.3 is 0 Å². The molecule has 0 bridgehead atoms. The number of nitrogens with one attached hydrogen (secondary N) is 1. The topological polar surface area (TPSA) is 38.0 Å². The van der Waals surface area contributed by atoms with Gasteiger partial charge in [-0.05, 0) is 36.4 Å². The van der Waals surface area contributed by atoms with Gasteiger partial charge in [0.1, 0.15) is 5.82 Å². The maximum absolute atomic E-state index is 13.6. The summed E-state index contributed by atoms with van der Waals surface area (Å²) in [6.45, 7) is 0. The molecule has 2 aromatic rings. The Morgan fingerprint density at radius 2 is 1.88 bits per heavy atom. The van der Waals surface area contributed by atoms with Gasteiger partial charge in [0.15, 0.2) is 0 Å². The average molecular weight is 316 g/mol. The molecule has 0 saturated heterocycles. The summed E-state index contributed by atoms with van der Waals surface area (Å²) in [4.78, 5) is 0. The van der Waals surface area contributed by atoms with Crippen molar-refractivity contribution in [2.24, 2.45) is 0 Å². The van der Waals surface area contributed by atoms with Gasteiger partial charge in [-0.2, -0.15) is 0 Å². The molecule has 0 aromatic heterocycles. The lowest BCUT2D eigenvalue weighted by molar-refractivity contribution is 0.631. The van der Waals surface area contributed by atoms with Gasteiger partial charge in [0.05, 0.1) is 17.1 Å². The molecular formula is C12H9BrClFN2. The third kappa shape index (κ3) is 2.90. The van der Waals surface area contributed by atoms with E-state index >= 15 is 0 Å². The molecule has 0 aliphatic rings. The maximum Gasteiger partial charge on any atom is 0.147 e. The van der Waals surface area contributed by atoms with E-state index in [1.165, 1.54) is 6.07 Å². The lowest BCUT2D eigenvalue weighted by atomic mass is 10.2. The smallest absolute Gasteiger partial charge is 0.147 e. The van der Waals surface area contributed by atoms with Gasteiger partial charge in [-0.15, -0.1) is 0 Å². The van der Waals surface area contributed by atoms with Crippen LogP contribution < -0.4 is 11.1 Å². The Kier molecular flexibility index (Phi) is 3.54. The monoisotopic (exact) mass is 314 g/mol. The summed E-state index contributed by atoms with van der Waals surface area (Å²) in [5.74, 6) is -0.362. The minimum absolute atomic E-state index is 0.349. The van der Waals surface area contributed by atoms with Crippen molar-refractivity contribution < 1.29 is 4.39 Å². The van der Waals surface area contributed by atoms with Gasteiger partial charge in [0.2, 0.25) is 0 Å². The van der Waals surface area contributed by atoms with E-state index in [0.717, 1.165) is 0 Å². The van der Waals surface area contributed by atoms with Crippen molar-refractivity contribution in [3.05, 3.63) is 51.7 Å². The van der Waals surface area contributed by atoms with Crippen molar-refractivity contribution in [1.82, 2.24) is 0 Å². The predicted molar refractivity (Wildman–Crippen MR) is 73.2 cm³/mol. The van der Waals surface area contributed by atoms with Crippen LogP contribution >= 0.6 is 27.5 Å². The van der Waals surface area contributed by atoms with Crippen molar-refractivity contribution in [3.8, 4) is 0 Å². The molecular weight excluding hydrogens is 307 g/mol. The van der Waals surface area contributed by atoms with Gasteiger partial charge in [0, 0.05) is 9.50 Å². The number of nitrogen functional groups attached to an aromatic ring is 1. The summed E-state index contributed by atoms with van der Waals surface area (Å²) in [6.07, 6.45) is 0. The molecule has 88 valence electrons. The minimum atomic E-state index is -0.362. The fraction of sp³-hybridized carbons (Fsp3) is 0. The van der Waals surface area contributed by atoms with Crippen molar-refractivity contribution in [1.29, 1.82) is 0 Å². The molecule has 0 amide bonds. The van der Waals surface area contributed by atoms with E-state index in [4.69, 9.17) is 17.3 Å². The van der Waals surface area contributed by atoms with Gasteiger partial charge in [0.25, 0.3) is 0 Å². The van der Waals surface area contributed by atoms with Crippen LogP contribution in [0.1, 0.15) is 0 Å². The van der Waals surface area contributed by atoms with Gasteiger partial charge in [-0.25, -0.2) is 4.39 Å². The van der Waals surface area contributed by atoms with E-state index in [1.54, 1.807) is 30.3 Å². The lowest BCUT2D eigenvalue weighted by Crippen LogP contribution is -1.98. The SMILES string of the molecule is Nc1ccc(Cl)cc1Nc1ccc(Br)cc1F. The molecule has 0 saturated carbocycles. The quantitative estimate of drug-likeness (QED) is 0.797.